The molecule has 84 valence electrons. The van der Waals surface area contributed by atoms with Crippen molar-refractivity contribution < 1.29 is 0 Å². The number of aryl methyl sites for hydroxylation is 2. The molecule has 0 saturated heterocycles. The fraction of sp³-hybridized carbons (Fsp3) is 0.143. The van der Waals surface area contributed by atoms with Gasteiger partial charge in [-0.05, 0) is 82.3 Å². The molecule has 0 radical (unpaired) electrons. The fourth-order valence-electron chi connectivity index (χ4n) is 1.21. The predicted octanol–water partition coefficient (Wildman–Crippen LogP) is 5.20. The van der Waals surface area contributed by atoms with Gasteiger partial charge in [0.05, 0.1) is 0 Å². The normalized spacial score (nSPS) is 9.25. The molecular formula is C14H14I2. The zero-order chi connectivity index (χ0) is 12.0. The SMILES string of the molecule is Cc1cccc(C)c1I.Ic1ccccc1. The van der Waals surface area contributed by atoms with Crippen molar-refractivity contribution in [1.29, 1.82) is 0 Å². The molecule has 0 N–H and O–H groups in total. The number of rotatable bonds is 0. The second-order valence-electron chi connectivity index (χ2n) is 3.50. The molecule has 0 nitrogen and oxygen atoms in total. The summed E-state index contributed by atoms with van der Waals surface area (Å²) in [6, 6.07) is 16.6. The summed E-state index contributed by atoms with van der Waals surface area (Å²) in [5, 5.41) is 0. The largest absolute Gasteiger partial charge is 0.0622 e. The summed E-state index contributed by atoms with van der Waals surface area (Å²) in [4.78, 5) is 0. The molecule has 16 heavy (non-hydrogen) atoms. The molecule has 0 aromatic heterocycles. The fourth-order valence-corrected chi connectivity index (χ4v) is 1.98. The van der Waals surface area contributed by atoms with Crippen LogP contribution in [0.2, 0.25) is 0 Å². The van der Waals surface area contributed by atoms with E-state index in [4.69, 9.17) is 0 Å². The van der Waals surface area contributed by atoms with Crippen molar-refractivity contribution in [1.82, 2.24) is 0 Å². The average molecular weight is 436 g/mol. The summed E-state index contributed by atoms with van der Waals surface area (Å²) in [7, 11) is 0. The number of halogens is 2. The van der Waals surface area contributed by atoms with Gasteiger partial charge in [-0.25, -0.2) is 0 Å². The first kappa shape index (κ1) is 14.0. The first-order valence-electron chi connectivity index (χ1n) is 5.03. The van der Waals surface area contributed by atoms with E-state index in [1.54, 1.807) is 0 Å². The molecule has 2 heteroatoms. The Labute approximate surface area is 125 Å². The van der Waals surface area contributed by atoms with Crippen molar-refractivity contribution in [2.24, 2.45) is 0 Å². The highest BCUT2D eigenvalue weighted by Crippen LogP contribution is 2.14. The summed E-state index contributed by atoms with van der Waals surface area (Å²) < 4.78 is 2.68. The van der Waals surface area contributed by atoms with Gasteiger partial charge >= 0.3 is 0 Å². The molecule has 0 fully saturated rings. The predicted molar refractivity (Wildman–Crippen MR) is 87.8 cm³/mol. The minimum atomic E-state index is 1.29. The smallest absolute Gasteiger partial charge is 0.0188 e. The Morgan fingerprint density at radius 1 is 0.688 bits per heavy atom. The lowest BCUT2D eigenvalue weighted by Gasteiger charge is -1.98. The number of hydrogen-bond acceptors (Lipinski definition) is 0. The van der Waals surface area contributed by atoms with Crippen LogP contribution in [-0.4, -0.2) is 0 Å². The van der Waals surface area contributed by atoms with Gasteiger partial charge in [-0.1, -0.05) is 36.4 Å². The maximum Gasteiger partial charge on any atom is 0.0188 e. The van der Waals surface area contributed by atoms with Gasteiger partial charge in [-0.3, -0.25) is 0 Å². The Balaban J connectivity index is 0.000000165. The van der Waals surface area contributed by atoms with Crippen LogP contribution >= 0.6 is 45.2 Å². The summed E-state index contributed by atoms with van der Waals surface area (Å²) >= 11 is 4.65. The summed E-state index contributed by atoms with van der Waals surface area (Å²) in [6.07, 6.45) is 0. The van der Waals surface area contributed by atoms with Gasteiger partial charge in [0.2, 0.25) is 0 Å². The maximum absolute atomic E-state index is 2.37. The molecule has 2 aromatic carbocycles. The van der Waals surface area contributed by atoms with Crippen LogP contribution in [0.3, 0.4) is 0 Å². The quantitative estimate of drug-likeness (QED) is 0.499. The molecule has 0 aliphatic heterocycles. The van der Waals surface area contributed by atoms with Crippen LogP contribution in [0.5, 0.6) is 0 Å². The van der Waals surface area contributed by atoms with Crippen LogP contribution in [0, 0.1) is 21.0 Å². The second-order valence-corrected chi connectivity index (χ2v) is 5.83. The van der Waals surface area contributed by atoms with Crippen LogP contribution in [0.4, 0.5) is 0 Å². The van der Waals surface area contributed by atoms with Crippen molar-refractivity contribution in [3.8, 4) is 0 Å². The van der Waals surface area contributed by atoms with E-state index in [0.29, 0.717) is 0 Å². The first-order valence-corrected chi connectivity index (χ1v) is 7.19. The molecule has 0 aliphatic rings. The summed E-state index contributed by atoms with van der Waals surface area (Å²) in [5.74, 6) is 0. The molecule has 0 spiro atoms. The lowest BCUT2D eigenvalue weighted by molar-refractivity contribution is 1.34. The molecule has 2 aromatic rings. The van der Waals surface area contributed by atoms with Crippen LogP contribution < -0.4 is 0 Å². The van der Waals surface area contributed by atoms with Gasteiger partial charge in [-0.15, -0.1) is 0 Å². The first-order chi connectivity index (χ1) is 7.61. The Morgan fingerprint density at radius 3 is 1.50 bits per heavy atom. The van der Waals surface area contributed by atoms with Crippen molar-refractivity contribution in [2.75, 3.05) is 0 Å². The van der Waals surface area contributed by atoms with Gasteiger partial charge in [0, 0.05) is 7.14 Å². The van der Waals surface area contributed by atoms with E-state index in [2.05, 4.69) is 89.4 Å². The molecule has 0 heterocycles. The molecular weight excluding hydrogens is 422 g/mol. The Bertz CT molecular complexity index is 415. The molecule has 0 unspecified atom stereocenters. The van der Waals surface area contributed by atoms with Gasteiger partial charge in [0.15, 0.2) is 0 Å². The Hall–Kier alpha value is -0.100. The van der Waals surface area contributed by atoms with Crippen LogP contribution in [0.1, 0.15) is 11.1 Å². The van der Waals surface area contributed by atoms with E-state index in [0.717, 1.165) is 0 Å². The van der Waals surface area contributed by atoms with Gasteiger partial charge < -0.3 is 0 Å². The standard InChI is InChI=1S/C8H9I.C6H5I/c1-6-4-3-5-7(2)8(6)9;7-6-4-2-1-3-5-6/h3-5H,1-2H3;1-5H. The molecule has 2 rings (SSSR count). The summed E-state index contributed by atoms with van der Waals surface area (Å²) in [6.45, 7) is 4.27. The Kier molecular flexibility index (Phi) is 6.34. The van der Waals surface area contributed by atoms with Crippen molar-refractivity contribution >= 4 is 45.2 Å². The highest BCUT2D eigenvalue weighted by Gasteiger charge is 1.93. The highest BCUT2D eigenvalue weighted by molar-refractivity contribution is 14.1. The maximum atomic E-state index is 2.37. The monoisotopic (exact) mass is 436 g/mol. The van der Waals surface area contributed by atoms with Crippen molar-refractivity contribution in [3.05, 3.63) is 66.8 Å². The Morgan fingerprint density at radius 2 is 1.19 bits per heavy atom. The minimum Gasteiger partial charge on any atom is -0.0622 e. The lowest BCUT2D eigenvalue weighted by atomic mass is 10.2. The number of hydrogen-bond donors (Lipinski definition) is 0. The zero-order valence-corrected chi connectivity index (χ0v) is 13.7. The average Bonchev–Trinajstić information content (AvgIpc) is 2.28. The third-order valence-corrected chi connectivity index (χ3v) is 4.54. The highest BCUT2D eigenvalue weighted by atomic mass is 127. The van der Waals surface area contributed by atoms with E-state index in [1.807, 2.05) is 18.2 Å². The third-order valence-electron chi connectivity index (χ3n) is 2.12. The van der Waals surface area contributed by atoms with Crippen LogP contribution in [0.15, 0.2) is 48.5 Å². The second kappa shape index (κ2) is 7.27. The lowest BCUT2D eigenvalue weighted by Crippen LogP contribution is -1.82. The topological polar surface area (TPSA) is 0 Å². The number of benzene rings is 2. The van der Waals surface area contributed by atoms with Gasteiger partial charge in [-0.2, -0.15) is 0 Å². The minimum absolute atomic E-state index is 1.29. The summed E-state index contributed by atoms with van der Waals surface area (Å²) in [5.41, 5.74) is 2.74. The van der Waals surface area contributed by atoms with Gasteiger partial charge in [0.1, 0.15) is 0 Å². The zero-order valence-electron chi connectivity index (χ0n) is 9.37. The molecule has 0 amide bonds. The molecule has 0 saturated carbocycles. The van der Waals surface area contributed by atoms with E-state index in [-0.39, 0.29) is 0 Å². The van der Waals surface area contributed by atoms with Gasteiger partial charge in [0.25, 0.3) is 0 Å². The van der Waals surface area contributed by atoms with E-state index in [1.165, 1.54) is 18.3 Å². The van der Waals surface area contributed by atoms with Crippen LogP contribution in [-0.2, 0) is 0 Å². The molecule has 0 aliphatic carbocycles. The van der Waals surface area contributed by atoms with Crippen molar-refractivity contribution in [2.45, 2.75) is 13.8 Å². The van der Waals surface area contributed by atoms with E-state index < -0.39 is 0 Å². The van der Waals surface area contributed by atoms with Crippen molar-refractivity contribution in [3.63, 3.8) is 0 Å². The van der Waals surface area contributed by atoms with Crippen LogP contribution in [0.25, 0.3) is 0 Å². The third kappa shape index (κ3) is 4.82. The molecule has 0 bridgehead atoms. The molecule has 0 atom stereocenters. The van der Waals surface area contributed by atoms with E-state index >= 15 is 0 Å². The van der Waals surface area contributed by atoms with E-state index in [9.17, 15) is 0 Å².